The van der Waals surface area contributed by atoms with Crippen LogP contribution in [0.25, 0.3) is 11.3 Å². The molecular formula is C23H20F2N8O3. The number of nitriles is 1. The van der Waals surface area contributed by atoms with Crippen molar-refractivity contribution in [2.75, 3.05) is 18.4 Å². The number of benzene rings is 1. The summed E-state index contributed by atoms with van der Waals surface area (Å²) in [6.45, 7) is -0.830. The van der Waals surface area contributed by atoms with Gasteiger partial charge in [-0.05, 0) is 31.0 Å². The van der Waals surface area contributed by atoms with E-state index in [2.05, 4.69) is 30.5 Å². The number of anilines is 1. The number of halogens is 2. The van der Waals surface area contributed by atoms with Crippen molar-refractivity contribution in [2.24, 2.45) is 5.92 Å². The van der Waals surface area contributed by atoms with Crippen LogP contribution in [-0.2, 0) is 4.79 Å². The number of carbonyl (C=O) groups is 2. The van der Waals surface area contributed by atoms with E-state index in [0.717, 1.165) is 17.7 Å². The van der Waals surface area contributed by atoms with Crippen molar-refractivity contribution in [2.45, 2.75) is 31.3 Å². The fourth-order valence-corrected chi connectivity index (χ4v) is 3.89. The van der Waals surface area contributed by atoms with E-state index < -0.39 is 24.5 Å². The number of likely N-dealkylation sites (tertiary alicyclic amines) is 1. The summed E-state index contributed by atoms with van der Waals surface area (Å²) in [6, 6.07) is 8.04. The fourth-order valence-electron chi connectivity index (χ4n) is 3.89. The molecule has 2 fully saturated rings. The number of ether oxygens (including phenoxy) is 1. The molecule has 3 heterocycles. The number of hydrogen-bond acceptors (Lipinski definition) is 8. The minimum absolute atomic E-state index is 0.00254. The molecule has 1 aliphatic carbocycles. The van der Waals surface area contributed by atoms with Crippen molar-refractivity contribution >= 4 is 17.6 Å². The van der Waals surface area contributed by atoms with Crippen LogP contribution in [0.3, 0.4) is 0 Å². The van der Waals surface area contributed by atoms with Gasteiger partial charge < -0.3 is 19.9 Å². The Morgan fingerprint density at radius 3 is 2.75 bits per heavy atom. The molecule has 1 saturated carbocycles. The van der Waals surface area contributed by atoms with Crippen molar-refractivity contribution in [3.63, 3.8) is 0 Å². The van der Waals surface area contributed by atoms with E-state index in [9.17, 15) is 23.6 Å². The smallest absolute Gasteiger partial charge is 0.301 e. The number of nitrogens with one attached hydrogen (secondary N) is 2. The van der Waals surface area contributed by atoms with Crippen molar-refractivity contribution in [1.82, 2.24) is 30.0 Å². The summed E-state index contributed by atoms with van der Waals surface area (Å²) in [6.07, 6.45) is 2.52. The summed E-state index contributed by atoms with van der Waals surface area (Å²) < 4.78 is 35.4. The third kappa shape index (κ3) is 4.83. The van der Waals surface area contributed by atoms with E-state index in [1.54, 1.807) is 12.1 Å². The molecule has 0 radical (unpaired) electrons. The Hall–Kier alpha value is -4.47. The molecule has 184 valence electrons. The average Bonchev–Trinajstić information content (AvgIpc) is 3.59. The van der Waals surface area contributed by atoms with E-state index in [1.807, 2.05) is 6.07 Å². The molecule has 1 atom stereocenters. The van der Waals surface area contributed by atoms with Crippen LogP contribution in [-0.4, -0.2) is 67.0 Å². The fraction of sp³-hybridized carbons (Fsp3) is 0.348. The zero-order chi connectivity index (χ0) is 25.3. The first kappa shape index (κ1) is 23.3. The number of nitrogens with zero attached hydrogens (tertiary/aromatic N) is 6. The molecule has 1 aromatic carbocycles. The van der Waals surface area contributed by atoms with Gasteiger partial charge in [-0.3, -0.25) is 9.59 Å². The van der Waals surface area contributed by atoms with Crippen LogP contribution in [0.2, 0.25) is 0 Å². The summed E-state index contributed by atoms with van der Waals surface area (Å²) in [5.41, 5.74) is 1.02. The Morgan fingerprint density at radius 2 is 2.06 bits per heavy atom. The molecule has 2 amide bonds. The Bertz CT molecular complexity index is 1340. The Kier molecular flexibility index (Phi) is 6.01. The lowest BCUT2D eigenvalue weighted by Crippen LogP contribution is -2.55. The van der Waals surface area contributed by atoms with Crippen LogP contribution in [0, 0.1) is 17.2 Å². The van der Waals surface area contributed by atoms with Crippen LogP contribution in [0.4, 0.5) is 14.6 Å². The Labute approximate surface area is 203 Å². The number of amides is 2. The maximum atomic E-state index is 14.9. The SMILES string of the molecule is N#Cc1cc(-c2cc(NC(=O)C3CC3)ncn2)ccc1OC1CCN(C(=O)c2nnc[nH]2)CC1(F)F. The maximum absolute atomic E-state index is 14.9. The summed E-state index contributed by atoms with van der Waals surface area (Å²) in [5, 5.41) is 19.4. The summed E-state index contributed by atoms with van der Waals surface area (Å²) in [5.74, 6) is -3.91. The number of piperidine rings is 1. The molecule has 2 N–H and O–H groups in total. The second-order valence-corrected chi connectivity index (χ2v) is 8.60. The van der Waals surface area contributed by atoms with E-state index in [-0.39, 0.29) is 41.9 Å². The topological polar surface area (TPSA) is 150 Å². The van der Waals surface area contributed by atoms with Gasteiger partial charge in [-0.2, -0.15) is 5.26 Å². The van der Waals surface area contributed by atoms with Gasteiger partial charge in [0, 0.05) is 30.5 Å². The van der Waals surface area contributed by atoms with Crippen molar-refractivity contribution in [3.8, 4) is 23.1 Å². The minimum atomic E-state index is -3.36. The van der Waals surface area contributed by atoms with Crippen molar-refractivity contribution in [3.05, 3.63) is 48.3 Å². The number of H-pyrrole nitrogens is 1. The van der Waals surface area contributed by atoms with Gasteiger partial charge in [-0.15, -0.1) is 10.2 Å². The molecule has 11 nitrogen and oxygen atoms in total. The standard InChI is InChI=1S/C23H20F2N8O3/c24-23(25)10-33(22(35)20-29-12-30-32-20)6-5-18(23)36-17-4-3-14(7-15(17)9-26)16-8-19(28-11-27-16)31-21(34)13-1-2-13/h3-4,7-8,11-13,18H,1-2,5-6,10H2,(H,29,30,32)(H,27,28,31,34). The van der Waals surface area contributed by atoms with Crippen LogP contribution < -0.4 is 10.1 Å². The molecule has 36 heavy (non-hydrogen) atoms. The van der Waals surface area contributed by atoms with Crippen molar-refractivity contribution < 1.29 is 23.1 Å². The lowest BCUT2D eigenvalue weighted by Gasteiger charge is -2.37. The molecule has 1 aliphatic heterocycles. The largest absolute Gasteiger partial charge is 0.483 e. The maximum Gasteiger partial charge on any atom is 0.301 e. The van der Waals surface area contributed by atoms with Gasteiger partial charge in [0.2, 0.25) is 11.7 Å². The number of alkyl halides is 2. The molecular weight excluding hydrogens is 474 g/mol. The monoisotopic (exact) mass is 494 g/mol. The number of aromatic nitrogens is 5. The summed E-state index contributed by atoms with van der Waals surface area (Å²) in [7, 11) is 0. The molecule has 1 saturated heterocycles. The normalized spacial score (nSPS) is 18.8. The second-order valence-electron chi connectivity index (χ2n) is 8.60. The predicted octanol–water partition coefficient (Wildman–Crippen LogP) is 2.41. The number of carbonyl (C=O) groups excluding carboxylic acids is 2. The lowest BCUT2D eigenvalue weighted by atomic mass is 10.0. The highest BCUT2D eigenvalue weighted by atomic mass is 19.3. The molecule has 3 aromatic rings. The van der Waals surface area contributed by atoms with Crippen LogP contribution in [0.15, 0.2) is 36.9 Å². The first-order valence-electron chi connectivity index (χ1n) is 11.2. The third-order valence-electron chi connectivity index (χ3n) is 5.97. The molecule has 0 bridgehead atoms. The first-order valence-corrected chi connectivity index (χ1v) is 11.2. The summed E-state index contributed by atoms with van der Waals surface area (Å²) >= 11 is 0. The van der Waals surface area contributed by atoms with Crippen LogP contribution in [0.5, 0.6) is 5.75 Å². The number of hydrogen-bond donors (Lipinski definition) is 2. The van der Waals surface area contributed by atoms with E-state index in [4.69, 9.17) is 4.74 Å². The molecule has 0 spiro atoms. The van der Waals surface area contributed by atoms with Gasteiger partial charge in [-0.1, -0.05) is 0 Å². The summed E-state index contributed by atoms with van der Waals surface area (Å²) in [4.78, 5) is 36.1. The van der Waals surface area contributed by atoms with Gasteiger partial charge in [0.15, 0.2) is 6.10 Å². The molecule has 5 rings (SSSR count). The predicted molar refractivity (Wildman–Crippen MR) is 120 cm³/mol. The Balaban J connectivity index is 1.30. The second kappa shape index (κ2) is 9.29. The van der Waals surface area contributed by atoms with Crippen LogP contribution in [0.1, 0.15) is 35.4 Å². The minimum Gasteiger partial charge on any atom is -0.483 e. The zero-order valence-corrected chi connectivity index (χ0v) is 18.8. The van der Waals surface area contributed by atoms with Gasteiger partial charge in [0.25, 0.3) is 5.91 Å². The van der Waals surface area contributed by atoms with E-state index in [0.29, 0.717) is 17.1 Å². The molecule has 1 unspecified atom stereocenters. The number of rotatable bonds is 6. The van der Waals surface area contributed by atoms with Crippen molar-refractivity contribution in [1.29, 1.82) is 5.26 Å². The van der Waals surface area contributed by atoms with Crippen LogP contribution >= 0.6 is 0 Å². The molecule has 2 aliphatic rings. The highest BCUT2D eigenvalue weighted by Crippen LogP contribution is 2.34. The number of aromatic amines is 1. The van der Waals surface area contributed by atoms with E-state index >= 15 is 0 Å². The Morgan fingerprint density at radius 1 is 1.22 bits per heavy atom. The van der Waals surface area contributed by atoms with Gasteiger partial charge >= 0.3 is 5.92 Å². The van der Waals surface area contributed by atoms with Gasteiger partial charge in [0.1, 0.15) is 30.3 Å². The zero-order valence-electron chi connectivity index (χ0n) is 18.8. The lowest BCUT2D eigenvalue weighted by molar-refractivity contribution is -0.132. The van der Waals surface area contributed by atoms with E-state index in [1.165, 1.54) is 24.8 Å². The third-order valence-corrected chi connectivity index (χ3v) is 5.97. The molecule has 2 aromatic heterocycles. The highest BCUT2D eigenvalue weighted by molar-refractivity contribution is 5.93. The quantitative estimate of drug-likeness (QED) is 0.530. The molecule has 13 heteroatoms. The highest BCUT2D eigenvalue weighted by Gasteiger charge is 2.48. The average molecular weight is 494 g/mol. The first-order chi connectivity index (χ1) is 17.3. The van der Waals surface area contributed by atoms with Gasteiger partial charge in [0.05, 0.1) is 17.8 Å². The van der Waals surface area contributed by atoms with Gasteiger partial charge in [-0.25, -0.2) is 18.7 Å².